The van der Waals surface area contributed by atoms with Crippen molar-refractivity contribution in [3.8, 4) is 0 Å². The Kier molecular flexibility index (Phi) is 9.13. The fourth-order valence-electron chi connectivity index (χ4n) is 4.63. The third kappa shape index (κ3) is 5.80. The Morgan fingerprint density at radius 1 is 1.35 bits per heavy atom. The SMILES string of the molecule is C=CC(=Nc1cc(CC)cc(CC)c1C(C)=O)c1cccnc1N1CCC(N(C)CCOC)C1. The lowest BCUT2D eigenvalue weighted by Crippen LogP contribution is -2.37. The first kappa shape index (κ1) is 25.8. The van der Waals surface area contributed by atoms with E-state index in [1.54, 1.807) is 20.1 Å². The molecule has 2 heterocycles. The molecule has 0 amide bonds. The van der Waals surface area contributed by atoms with Crippen LogP contribution in [0.1, 0.15) is 54.2 Å². The summed E-state index contributed by atoms with van der Waals surface area (Å²) in [5, 5.41) is 0. The smallest absolute Gasteiger partial charge is 0.162 e. The Labute approximate surface area is 204 Å². The molecular formula is C28H38N4O2. The van der Waals surface area contributed by atoms with Gasteiger partial charge in [0.2, 0.25) is 0 Å². The van der Waals surface area contributed by atoms with Crippen molar-refractivity contribution in [1.29, 1.82) is 0 Å². The third-order valence-corrected chi connectivity index (χ3v) is 6.63. The van der Waals surface area contributed by atoms with Crippen molar-refractivity contribution in [3.05, 3.63) is 65.4 Å². The average molecular weight is 463 g/mol. The highest BCUT2D eigenvalue weighted by Gasteiger charge is 2.28. The summed E-state index contributed by atoms with van der Waals surface area (Å²) in [6.45, 7) is 13.3. The van der Waals surface area contributed by atoms with Gasteiger partial charge < -0.3 is 9.64 Å². The molecule has 0 saturated carbocycles. The number of ketones is 1. The van der Waals surface area contributed by atoms with Gasteiger partial charge in [0.05, 0.1) is 18.0 Å². The number of pyridine rings is 1. The standard InChI is InChI=1S/C28H38N4O2/c1-7-21-17-22(8-2)27(20(4)33)26(18-21)30-25(9-3)24-11-10-13-29-28(24)32-14-12-23(19-32)31(5)15-16-34-6/h9-11,13,17-18,23H,3,7-8,12,14-16,19H2,1-2,4-6H3. The minimum absolute atomic E-state index is 0.0366. The Hall–Kier alpha value is -2.83. The number of anilines is 1. The monoisotopic (exact) mass is 462 g/mol. The summed E-state index contributed by atoms with van der Waals surface area (Å²) in [5.41, 5.74) is 5.31. The van der Waals surface area contributed by atoms with Gasteiger partial charge in [-0.3, -0.25) is 9.69 Å². The van der Waals surface area contributed by atoms with E-state index in [9.17, 15) is 4.79 Å². The van der Waals surface area contributed by atoms with Gasteiger partial charge in [0.1, 0.15) is 5.82 Å². The van der Waals surface area contributed by atoms with E-state index in [0.717, 1.165) is 68.2 Å². The molecule has 34 heavy (non-hydrogen) atoms. The van der Waals surface area contributed by atoms with Crippen molar-refractivity contribution >= 4 is 23.0 Å². The first-order valence-corrected chi connectivity index (χ1v) is 12.2. The zero-order valence-electron chi connectivity index (χ0n) is 21.3. The summed E-state index contributed by atoms with van der Waals surface area (Å²) in [6, 6.07) is 8.59. The Balaban J connectivity index is 2.00. The molecule has 182 valence electrons. The highest BCUT2D eigenvalue weighted by molar-refractivity contribution is 6.13. The molecule has 0 aliphatic carbocycles. The van der Waals surface area contributed by atoms with Crippen LogP contribution >= 0.6 is 0 Å². The number of Topliss-reactive ketones (excluding diaryl/α,β-unsaturated/α-hetero) is 1. The quantitative estimate of drug-likeness (QED) is 0.352. The van der Waals surface area contributed by atoms with Crippen LogP contribution in [-0.2, 0) is 17.6 Å². The van der Waals surface area contributed by atoms with Gasteiger partial charge in [-0.2, -0.15) is 0 Å². The molecule has 0 bridgehead atoms. The lowest BCUT2D eigenvalue weighted by molar-refractivity contribution is 0.101. The van der Waals surface area contributed by atoms with Crippen LogP contribution in [0.5, 0.6) is 0 Å². The number of aromatic nitrogens is 1. The maximum absolute atomic E-state index is 12.6. The molecule has 6 heteroatoms. The van der Waals surface area contributed by atoms with E-state index in [4.69, 9.17) is 14.7 Å². The van der Waals surface area contributed by atoms with Gasteiger partial charge in [0, 0.05) is 50.1 Å². The molecule has 0 N–H and O–H groups in total. The number of allylic oxidation sites excluding steroid dienone is 1. The lowest BCUT2D eigenvalue weighted by atomic mass is 9.96. The average Bonchev–Trinajstić information content (AvgIpc) is 3.35. The summed E-state index contributed by atoms with van der Waals surface area (Å²) in [7, 11) is 3.89. The second-order valence-electron chi connectivity index (χ2n) is 8.85. The zero-order valence-corrected chi connectivity index (χ0v) is 21.3. The number of rotatable bonds is 11. The lowest BCUT2D eigenvalue weighted by Gasteiger charge is -2.25. The van der Waals surface area contributed by atoms with Gasteiger partial charge in [-0.25, -0.2) is 9.98 Å². The first-order valence-electron chi connectivity index (χ1n) is 12.2. The molecule has 1 atom stereocenters. The fraction of sp³-hybridized carbons (Fsp3) is 0.464. The number of nitrogens with zero attached hydrogens (tertiary/aromatic N) is 4. The largest absolute Gasteiger partial charge is 0.383 e. The second kappa shape index (κ2) is 12.0. The molecule has 1 aliphatic heterocycles. The molecule has 2 aromatic rings. The van der Waals surface area contributed by atoms with Crippen LogP contribution in [0.25, 0.3) is 0 Å². The molecule has 6 nitrogen and oxygen atoms in total. The minimum atomic E-state index is 0.0366. The molecule has 1 aromatic heterocycles. The van der Waals surface area contributed by atoms with Crippen molar-refractivity contribution in [2.75, 3.05) is 45.3 Å². The number of benzene rings is 1. The minimum Gasteiger partial charge on any atom is -0.383 e. The number of carbonyl (C=O) groups excluding carboxylic acids is 1. The molecule has 1 aromatic carbocycles. The Bertz CT molecular complexity index is 1050. The molecule has 1 aliphatic rings. The zero-order chi connectivity index (χ0) is 24.7. The maximum Gasteiger partial charge on any atom is 0.162 e. The summed E-state index contributed by atoms with van der Waals surface area (Å²) in [4.78, 5) is 27.0. The maximum atomic E-state index is 12.6. The fourth-order valence-corrected chi connectivity index (χ4v) is 4.63. The first-order chi connectivity index (χ1) is 16.4. The molecule has 1 unspecified atom stereocenters. The van der Waals surface area contributed by atoms with E-state index in [2.05, 4.69) is 43.3 Å². The number of ether oxygens (including phenoxy) is 1. The normalized spacial score (nSPS) is 16.4. The molecule has 0 spiro atoms. The van der Waals surface area contributed by atoms with Crippen LogP contribution in [-0.4, -0.2) is 67.8 Å². The number of aryl methyl sites for hydroxylation is 2. The van der Waals surface area contributed by atoms with Crippen molar-refractivity contribution < 1.29 is 9.53 Å². The number of methoxy groups -OCH3 is 1. The number of hydrogen-bond acceptors (Lipinski definition) is 6. The predicted molar refractivity (Wildman–Crippen MR) is 141 cm³/mol. The molecule has 1 fully saturated rings. The van der Waals surface area contributed by atoms with Crippen molar-refractivity contribution in [1.82, 2.24) is 9.88 Å². The van der Waals surface area contributed by atoms with Crippen LogP contribution in [0.4, 0.5) is 11.5 Å². The number of hydrogen-bond donors (Lipinski definition) is 0. The van der Waals surface area contributed by atoms with Crippen LogP contribution in [0.15, 0.2) is 48.1 Å². The van der Waals surface area contributed by atoms with Gasteiger partial charge in [0.25, 0.3) is 0 Å². The molecule has 3 rings (SSSR count). The van der Waals surface area contributed by atoms with Crippen molar-refractivity contribution in [2.45, 2.75) is 46.1 Å². The Morgan fingerprint density at radius 3 is 2.79 bits per heavy atom. The van der Waals surface area contributed by atoms with E-state index < -0.39 is 0 Å². The summed E-state index contributed by atoms with van der Waals surface area (Å²) < 4.78 is 5.25. The molecular weight excluding hydrogens is 424 g/mol. The molecule has 1 saturated heterocycles. The van der Waals surface area contributed by atoms with E-state index in [-0.39, 0.29) is 5.78 Å². The van der Waals surface area contributed by atoms with Gasteiger partial charge in [-0.05, 0) is 68.6 Å². The van der Waals surface area contributed by atoms with Crippen molar-refractivity contribution in [3.63, 3.8) is 0 Å². The van der Waals surface area contributed by atoms with Crippen molar-refractivity contribution in [2.24, 2.45) is 4.99 Å². The summed E-state index contributed by atoms with van der Waals surface area (Å²) in [6.07, 6.45) is 6.35. The topological polar surface area (TPSA) is 58.0 Å². The van der Waals surface area contributed by atoms with E-state index in [1.165, 1.54) is 5.56 Å². The van der Waals surface area contributed by atoms with Crippen LogP contribution in [0.2, 0.25) is 0 Å². The van der Waals surface area contributed by atoms with Crippen LogP contribution in [0.3, 0.4) is 0 Å². The number of likely N-dealkylation sites (N-methyl/N-ethyl adjacent to an activating group) is 1. The van der Waals surface area contributed by atoms with Gasteiger partial charge in [0.15, 0.2) is 5.78 Å². The second-order valence-corrected chi connectivity index (χ2v) is 8.85. The Morgan fingerprint density at radius 2 is 2.15 bits per heavy atom. The van der Waals surface area contributed by atoms with Crippen LogP contribution < -0.4 is 4.90 Å². The third-order valence-electron chi connectivity index (χ3n) is 6.63. The van der Waals surface area contributed by atoms with E-state index >= 15 is 0 Å². The number of carbonyl (C=O) groups is 1. The van der Waals surface area contributed by atoms with E-state index in [0.29, 0.717) is 17.3 Å². The molecule has 0 radical (unpaired) electrons. The highest BCUT2D eigenvalue weighted by Crippen LogP contribution is 2.30. The summed E-state index contributed by atoms with van der Waals surface area (Å²) >= 11 is 0. The summed E-state index contributed by atoms with van der Waals surface area (Å²) in [5.74, 6) is 0.949. The highest BCUT2D eigenvalue weighted by atomic mass is 16.5. The van der Waals surface area contributed by atoms with Gasteiger partial charge in [-0.15, -0.1) is 0 Å². The van der Waals surface area contributed by atoms with Gasteiger partial charge in [-0.1, -0.05) is 26.5 Å². The van der Waals surface area contributed by atoms with Crippen LogP contribution in [0, 0.1) is 0 Å². The predicted octanol–water partition coefficient (Wildman–Crippen LogP) is 4.87. The van der Waals surface area contributed by atoms with Gasteiger partial charge >= 0.3 is 0 Å². The number of aliphatic imine (C=N–C) groups is 1. The van der Waals surface area contributed by atoms with E-state index in [1.807, 2.05) is 24.4 Å².